The van der Waals surface area contributed by atoms with Gasteiger partial charge in [-0.3, -0.25) is 9.69 Å². The molecule has 1 aromatic rings. The minimum absolute atomic E-state index is 0.194. The van der Waals surface area contributed by atoms with Crippen molar-refractivity contribution < 1.29 is 4.79 Å². The molecule has 2 aliphatic heterocycles. The summed E-state index contributed by atoms with van der Waals surface area (Å²) in [4.78, 5) is 15.9. The molecule has 0 spiro atoms. The first kappa shape index (κ1) is 13.9. The molecule has 2 saturated heterocycles. The van der Waals surface area contributed by atoms with Crippen molar-refractivity contribution in [2.75, 3.05) is 38.1 Å². The van der Waals surface area contributed by atoms with Crippen molar-refractivity contribution in [1.29, 1.82) is 0 Å². The Kier molecular flexibility index (Phi) is 3.48. The predicted molar refractivity (Wildman–Crippen MR) is 83.8 cm³/mol. The van der Waals surface area contributed by atoms with Crippen molar-refractivity contribution in [2.45, 2.75) is 31.2 Å². The summed E-state index contributed by atoms with van der Waals surface area (Å²) >= 11 is 0. The highest BCUT2D eigenvalue weighted by atomic mass is 16.1. The molecule has 1 atom stereocenters. The number of hydrogen-bond acceptors (Lipinski definition) is 5. The van der Waals surface area contributed by atoms with Crippen LogP contribution in [0.2, 0.25) is 0 Å². The maximum absolute atomic E-state index is 11.3. The maximum atomic E-state index is 11.3. The van der Waals surface area contributed by atoms with Crippen molar-refractivity contribution in [2.24, 2.45) is 5.92 Å². The summed E-state index contributed by atoms with van der Waals surface area (Å²) in [5, 5.41) is 11.6. The Morgan fingerprint density at radius 1 is 1.32 bits per heavy atom. The summed E-state index contributed by atoms with van der Waals surface area (Å²) in [5.41, 5.74) is 1.15. The molecule has 3 fully saturated rings. The van der Waals surface area contributed by atoms with Crippen LogP contribution in [0.1, 0.15) is 30.9 Å². The van der Waals surface area contributed by atoms with Crippen molar-refractivity contribution >= 4 is 11.7 Å². The van der Waals surface area contributed by atoms with Crippen LogP contribution in [-0.2, 0) is 4.79 Å². The van der Waals surface area contributed by atoms with Gasteiger partial charge in [-0.15, -0.1) is 5.10 Å². The van der Waals surface area contributed by atoms with Gasteiger partial charge < -0.3 is 10.2 Å². The average Bonchev–Trinajstić information content (AvgIpc) is 3.22. The van der Waals surface area contributed by atoms with Crippen LogP contribution in [0.5, 0.6) is 0 Å². The topological polar surface area (TPSA) is 61.4 Å². The number of likely N-dealkylation sites (N-methyl/N-ethyl adjacent to an activating group) is 1. The zero-order chi connectivity index (χ0) is 15.1. The van der Waals surface area contributed by atoms with E-state index in [-0.39, 0.29) is 5.91 Å². The largest absolute Gasteiger partial charge is 0.356 e. The number of nitrogens with one attached hydrogen (secondary N) is 1. The average molecular weight is 301 g/mol. The summed E-state index contributed by atoms with van der Waals surface area (Å²) in [6, 6.07) is 4.80. The number of amides is 1. The Hall–Kier alpha value is -1.69. The quantitative estimate of drug-likeness (QED) is 0.863. The molecule has 22 heavy (non-hydrogen) atoms. The van der Waals surface area contributed by atoms with Gasteiger partial charge >= 0.3 is 0 Å². The first-order valence-corrected chi connectivity index (χ1v) is 8.24. The molecule has 1 aliphatic carbocycles. The van der Waals surface area contributed by atoms with Crippen LogP contribution in [0.15, 0.2) is 12.1 Å². The van der Waals surface area contributed by atoms with Crippen LogP contribution in [0, 0.1) is 5.92 Å². The number of carbonyl (C=O) groups is 1. The lowest BCUT2D eigenvalue weighted by Crippen LogP contribution is -2.59. The third kappa shape index (κ3) is 2.79. The summed E-state index contributed by atoms with van der Waals surface area (Å²) < 4.78 is 0. The zero-order valence-corrected chi connectivity index (χ0v) is 13.0. The number of carbonyl (C=O) groups excluding carboxylic acids is 1. The molecule has 118 valence electrons. The predicted octanol–water partition coefficient (Wildman–Crippen LogP) is 0.611. The number of rotatable bonds is 5. The fourth-order valence-corrected chi connectivity index (χ4v) is 3.37. The Morgan fingerprint density at radius 2 is 2.14 bits per heavy atom. The molecule has 6 nitrogen and oxygen atoms in total. The molecule has 4 rings (SSSR count). The molecule has 3 aliphatic rings. The van der Waals surface area contributed by atoms with Gasteiger partial charge in [0.2, 0.25) is 5.91 Å². The molecule has 1 unspecified atom stereocenters. The Labute approximate surface area is 130 Å². The van der Waals surface area contributed by atoms with Crippen LogP contribution < -0.4 is 10.2 Å². The zero-order valence-electron chi connectivity index (χ0n) is 13.0. The van der Waals surface area contributed by atoms with E-state index in [0.717, 1.165) is 37.7 Å². The molecule has 0 radical (unpaired) electrons. The van der Waals surface area contributed by atoms with E-state index in [1.54, 1.807) is 0 Å². The first-order valence-electron chi connectivity index (χ1n) is 8.24. The van der Waals surface area contributed by atoms with Crippen LogP contribution in [0.3, 0.4) is 0 Å². The van der Waals surface area contributed by atoms with E-state index in [1.807, 2.05) is 0 Å². The van der Waals surface area contributed by atoms with Crippen LogP contribution in [0.25, 0.3) is 0 Å². The van der Waals surface area contributed by atoms with Gasteiger partial charge in [0.05, 0.1) is 5.69 Å². The van der Waals surface area contributed by atoms with Gasteiger partial charge in [-0.25, -0.2) is 0 Å². The second kappa shape index (κ2) is 5.50. The minimum atomic E-state index is 0.194. The number of anilines is 1. The van der Waals surface area contributed by atoms with E-state index in [9.17, 15) is 4.79 Å². The van der Waals surface area contributed by atoms with E-state index in [2.05, 4.69) is 44.5 Å². The molecule has 1 saturated carbocycles. The first-order chi connectivity index (χ1) is 10.7. The molecule has 6 heteroatoms. The van der Waals surface area contributed by atoms with Gasteiger partial charge in [0.25, 0.3) is 0 Å². The fraction of sp³-hybridized carbons (Fsp3) is 0.688. The van der Waals surface area contributed by atoms with Gasteiger partial charge in [0, 0.05) is 44.6 Å². The molecular weight excluding hydrogens is 278 g/mol. The summed E-state index contributed by atoms with van der Waals surface area (Å²) in [5.74, 6) is 2.31. The Morgan fingerprint density at radius 3 is 2.73 bits per heavy atom. The molecule has 0 bridgehead atoms. The van der Waals surface area contributed by atoms with Crippen molar-refractivity contribution in [3.8, 4) is 0 Å². The highest BCUT2D eigenvalue weighted by molar-refractivity contribution is 5.78. The van der Waals surface area contributed by atoms with Gasteiger partial charge in [-0.1, -0.05) is 0 Å². The number of hydrogen-bond donors (Lipinski definition) is 1. The van der Waals surface area contributed by atoms with Crippen LogP contribution in [0.4, 0.5) is 5.82 Å². The molecule has 1 aromatic heterocycles. The third-order valence-corrected chi connectivity index (χ3v) is 5.08. The second-order valence-corrected chi connectivity index (χ2v) is 6.96. The summed E-state index contributed by atoms with van der Waals surface area (Å²) in [6.45, 7) is 3.82. The SMILES string of the molecule is CN(CC1CNC(=O)C1)C1CN(c2ccc(C3CC3)nn2)C1. The minimum Gasteiger partial charge on any atom is -0.356 e. The fourth-order valence-electron chi connectivity index (χ4n) is 3.37. The second-order valence-electron chi connectivity index (χ2n) is 6.96. The summed E-state index contributed by atoms with van der Waals surface area (Å²) in [6.07, 6.45) is 3.21. The van der Waals surface area contributed by atoms with Gasteiger partial charge in [0.1, 0.15) is 0 Å². The lowest BCUT2D eigenvalue weighted by Gasteiger charge is -2.45. The highest BCUT2D eigenvalue weighted by Crippen LogP contribution is 2.38. The van der Waals surface area contributed by atoms with Crippen molar-refractivity contribution in [3.05, 3.63) is 17.8 Å². The Balaban J connectivity index is 1.26. The molecule has 3 heterocycles. The lowest BCUT2D eigenvalue weighted by molar-refractivity contribution is -0.119. The van der Waals surface area contributed by atoms with E-state index in [4.69, 9.17) is 0 Å². The number of nitrogens with zero attached hydrogens (tertiary/aromatic N) is 4. The molecule has 1 amide bonds. The standard InChI is InChI=1S/C16H23N5O/c1-20(8-11-6-16(22)17-7-11)13-9-21(10-13)15-5-4-14(18-19-15)12-2-3-12/h4-5,11-13H,2-3,6-10H2,1H3,(H,17,22). The summed E-state index contributed by atoms with van der Waals surface area (Å²) in [7, 11) is 2.16. The lowest BCUT2D eigenvalue weighted by atomic mass is 10.0. The van der Waals surface area contributed by atoms with E-state index in [1.165, 1.54) is 12.8 Å². The van der Waals surface area contributed by atoms with Crippen molar-refractivity contribution in [3.63, 3.8) is 0 Å². The molecule has 0 aromatic carbocycles. The monoisotopic (exact) mass is 301 g/mol. The molecule has 1 N–H and O–H groups in total. The number of aromatic nitrogens is 2. The normalized spacial score (nSPS) is 25.5. The van der Waals surface area contributed by atoms with Crippen LogP contribution >= 0.6 is 0 Å². The van der Waals surface area contributed by atoms with Gasteiger partial charge in [-0.05, 0) is 37.9 Å². The van der Waals surface area contributed by atoms with E-state index in [0.29, 0.717) is 24.3 Å². The van der Waals surface area contributed by atoms with Crippen LogP contribution in [-0.4, -0.2) is 60.3 Å². The smallest absolute Gasteiger partial charge is 0.220 e. The van der Waals surface area contributed by atoms with Gasteiger partial charge in [0.15, 0.2) is 5.82 Å². The van der Waals surface area contributed by atoms with E-state index >= 15 is 0 Å². The third-order valence-electron chi connectivity index (χ3n) is 5.08. The highest BCUT2D eigenvalue weighted by Gasteiger charge is 2.33. The Bertz CT molecular complexity index is 550. The van der Waals surface area contributed by atoms with E-state index < -0.39 is 0 Å². The molecular formula is C16H23N5O. The van der Waals surface area contributed by atoms with Crippen molar-refractivity contribution in [1.82, 2.24) is 20.4 Å². The van der Waals surface area contributed by atoms with Gasteiger partial charge in [-0.2, -0.15) is 5.10 Å². The maximum Gasteiger partial charge on any atom is 0.220 e.